The van der Waals surface area contributed by atoms with Crippen molar-refractivity contribution in [2.45, 2.75) is 387 Å². The quantitative estimate of drug-likeness (QED) is 0.111. The minimum absolute atomic E-state index is 0. The van der Waals surface area contributed by atoms with E-state index in [-0.39, 0.29) is 17.1 Å². The van der Waals surface area contributed by atoms with Crippen LogP contribution in [0.15, 0.2) is 154 Å². The zero-order valence-corrected chi connectivity index (χ0v) is 75.4. The maximum Gasteiger partial charge on any atom is 0.159 e. The van der Waals surface area contributed by atoms with Gasteiger partial charge in [0.2, 0.25) is 0 Å². The second-order valence-corrected chi connectivity index (χ2v) is 41.3. The zero-order valence-electron chi connectivity index (χ0n) is 75.4. The molecule has 0 radical (unpaired) electrons. The Morgan fingerprint density at radius 1 is 0.278 bits per heavy atom. The minimum Gasteiger partial charge on any atom is -0.204 e. The molecular weight excluding hydrogens is 1400 g/mol. The van der Waals surface area contributed by atoms with Gasteiger partial charge in [0.15, 0.2) is 11.6 Å². The fourth-order valence-corrected chi connectivity index (χ4v) is 25.7. The van der Waals surface area contributed by atoms with Crippen LogP contribution >= 0.6 is 0 Å². The zero-order chi connectivity index (χ0) is 81.1. The van der Waals surface area contributed by atoms with Crippen LogP contribution in [-0.4, -0.2) is 0 Å². The first kappa shape index (κ1) is 93.0. The number of hydrogen-bond acceptors (Lipinski definition) is 0. The predicted molar refractivity (Wildman–Crippen MR) is 523 cm³/mol. The molecule has 3 aromatic rings. The third-order valence-electron chi connectivity index (χ3n) is 34.0. The van der Waals surface area contributed by atoms with E-state index in [1.165, 1.54) is 306 Å². The molecule has 0 heterocycles. The van der Waals surface area contributed by atoms with E-state index in [0.29, 0.717) is 5.92 Å². The molecule has 0 aromatic heterocycles. The van der Waals surface area contributed by atoms with Crippen LogP contribution in [0.1, 0.15) is 418 Å². The summed E-state index contributed by atoms with van der Waals surface area (Å²) in [4.78, 5) is 0. The molecule has 2 heteroatoms. The van der Waals surface area contributed by atoms with Crippen molar-refractivity contribution >= 4 is 0 Å². The molecule has 0 N–H and O–H groups in total. The van der Waals surface area contributed by atoms with Gasteiger partial charge in [-0.25, -0.2) is 8.78 Å². The number of halogens is 2. The van der Waals surface area contributed by atoms with Crippen molar-refractivity contribution < 1.29 is 25.9 Å². The molecule has 12 aliphatic carbocycles. The molecule has 0 nitrogen and oxygen atoms in total. The molecule has 0 aliphatic heterocycles. The van der Waals surface area contributed by atoms with Crippen LogP contribution in [0.25, 0.3) is 0 Å². The molecule has 15 rings (SSSR count). The highest BCUT2D eigenvalue weighted by Crippen LogP contribution is 2.50. The first-order valence-electron chi connectivity index (χ1n) is 50.1. The Balaban J connectivity index is -0.00000144. The lowest BCUT2D eigenvalue weighted by Crippen LogP contribution is -2.25. The van der Waals surface area contributed by atoms with E-state index in [4.69, 9.17) is 0 Å². The van der Waals surface area contributed by atoms with Gasteiger partial charge in [-0.05, 0) is 488 Å². The van der Waals surface area contributed by atoms with Crippen LogP contribution in [0.2, 0.25) is 0 Å². The van der Waals surface area contributed by atoms with Crippen LogP contribution in [0.3, 0.4) is 0 Å². The van der Waals surface area contributed by atoms with E-state index in [1.807, 2.05) is 0 Å². The maximum absolute atomic E-state index is 13.4. The average Bonchev–Trinajstić information content (AvgIpc) is 0.911. The lowest BCUT2D eigenvalue weighted by molar-refractivity contribution is 0.155. The molecular formula is C113H198F2. The van der Waals surface area contributed by atoms with Crippen LogP contribution in [0.5, 0.6) is 0 Å². The van der Waals surface area contributed by atoms with Crippen LogP contribution in [0, 0.1) is 150 Å². The Morgan fingerprint density at radius 2 is 0.513 bits per heavy atom. The molecule has 0 bridgehead atoms. The highest BCUT2D eigenvalue weighted by Gasteiger charge is 2.37. The van der Waals surface area contributed by atoms with Crippen LogP contribution < -0.4 is 0 Å². The fourth-order valence-electron chi connectivity index (χ4n) is 25.7. The van der Waals surface area contributed by atoms with Gasteiger partial charge < -0.3 is 0 Å². The third kappa shape index (κ3) is 30.7. The van der Waals surface area contributed by atoms with Gasteiger partial charge in [-0.2, -0.15) is 0 Å². The van der Waals surface area contributed by atoms with Gasteiger partial charge in [-0.1, -0.05) is 179 Å². The largest absolute Gasteiger partial charge is 0.204 e. The van der Waals surface area contributed by atoms with Gasteiger partial charge in [0.05, 0.1) is 0 Å². The number of benzene rings is 3. The number of aryl methyl sites for hydroxylation is 2. The van der Waals surface area contributed by atoms with E-state index in [0.717, 1.165) is 155 Å². The predicted octanol–water partition coefficient (Wildman–Crippen LogP) is 38.2. The molecule has 3 aromatic carbocycles. The standard InChI is InChI=1S/C24H36.C21H30.C20H26F2.C18H30.C16H26.C14H26.12H2/c1-3-4-5-6-20-9-13-22(14-10-20)24-17-15-23(16-18-24)21-11-7-19(2)8-12-21;1-3-17-6-10-19(11-7-17)21-14-12-20(13-15-21)18-8-4-16(2)5-9-18;1-2-14-3-5-15(6-4-14)16-7-9-17(10-8-16)18-11-12-19(21)20(22)13-18;1-3-5-15-7-11-17(12-8-15)18-13-9-16(6-4-2)10-14-18;1-3-13-5-9-15(10-6-13)16-11-7-14(4-2)8-12-16;1-11-3-7-13(8-4-11)14-9-5-12(2)6-10-14;;;;;;;;;;;;/h3-4,7-8,11-12,20,22-24H,5-6,9-10,13-18H2,1-2H3;3-5,8-9,17,19-21H,1,6-7,10-15H2,2H3;2,11-17H,1,3-10H2;3-6,15-18H,7-14H2,1-2H3;3-4,13-16H,1-2,5-12H2;11-14H,3-10H2,1-2H3;12*1H/b4-3+;;;5-3+,6-4+;;;;;;;;;;;;;;. The van der Waals surface area contributed by atoms with E-state index in [1.54, 1.807) is 42.9 Å². The Morgan fingerprint density at radius 3 is 0.765 bits per heavy atom. The van der Waals surface area contributed by atoms with E-state index >= 15 is 0 Å². The summed E-state index contributed by atoms with van der Waals surface area (Å²) in [6.07, 6.45) is 94.0. The summed E-state index contributed by atoms with van der Waals surface area (Å²) in [6.45, 7) is 31.5. The van der Waals surface area contributed by atoms with Crippen molar-refractivity contribution in [1.82, 2.24) is 0 Å². The molecule has 12 fully saturated rings. The molecule has 115 heavy (non-hydrogen) atoms. The molecule has 0 spiro atoms. The summed E-state index contributed by atoms with van der Waals surface area (Å²) >= 11 is 0. The summed E-state index contributed by atoms with van der Waals surface area (Å²) in [5, 5.41) is 0. The summed E-state index contributed by atoms with van der Waals surface area (Å²) in [5.74, 6) is 20.9. The third-order valence-corrected chi connectivity index (χ3v) is 34.0. The summed E-state index contributed by atoms with van der Waals surface area (Å²) in [5.41, 5.74) is 6.92. The second kappa shape index (κ2) is 50.8. The van der Waals surface area contributed by atoms with Crippen LogP contribution in [-0.2, 0) is 0 Å². The van der Waals surface area contributed by atoms with E-state index in [2.05, 4.69) is 184 Å². The van der Waals surface area contributed by atoms with Gasteiger partial charge in [0, 0.05) is 17.1 Å². The summed E-state index contributed by atoms with van der Waals surface area (Å²) in [6, 6.07) is 23.0. The smallest absolute Gasteiger partial charge is 0.159 e. The maximum atomic E-state index is 13.4. The lowest BCUT2D eigenvalue weighted by atomic mass is 9.68. The first-order valence-corrected chi connectivity index (χ1v) is 50.1. The molecule has 12 saturated carbocycles. The van der Waals surface area contributed by atoms with Crippen molar-refractivity contribution in [3.63, 3.8) is 0 Å². The average molecular weight is 1590 g/mol. The molecule has 0 unspecified atom stereocenters. The van der Waals surface area contributed by atoms with Crippen molar-refractivity contribution in [3.8, 4) is 0 Å². The molecule has 0 amide bonds. The number of allylic oxidation sites excluding steroid dienone is 10. The topological polar surface area (TPSA) is 0 Å². The molecule has 0 atom stereocenters. The van der Waals surface area contributed by atoms with E-state index < -0.39 is 11.6 Å². The SMILES string of the molecule is C/C=C/C1CCC(C2CCC(/C=C/C)CC2)CC1.C/C=C/CCC1CCC(C2CCC(c3ccc(C)cc3)CC2)CC1.C=CC1CCC(C2CCC(C=C)CC2)CC1.C=CC1CCC(C2CCC(c3ccc(C)cc3)CC2)CC1.C=CC1CCC(C2CCC(c3ccc(F)c(F)c3)CC2)CC1.CC1CCC(C2CCC(C)CC2)CC1.[HH].[HH].[HH].[HH].[HH].[HH].[HH].[HH].[HH].[HH].[HH].[HH]. The fraction of sp³-hybridized carbons (Fsp3) is 0.717. The van der Waals surface area contributed by atoms with Crippen molar-refractivity contribution in [2.24, 2.45) is 124 Å². The molecule has 0 saturated heterocycles. The summed E-state index contributed by atoms with van der Waals surface area (Å²) in [7, 11) is 0. The Kier molecular flexibility index (Phi) is 41.1. The number of rotatable bonds is 18. The minimum atomic E-state index is -0.739. The van der Waals surface area contributed by atoms with Crippen LogP contribution in [0.4, 0.5) is 8.78 Å². The van der Waals surface area contributed by atoms with Crippen molar-refractivity contribution in [1.29, 1.82) is 0 Å². The van der Waals surface area contributed by atoms with Gasteiger partial charge in [0.1, 0.15) is 0 Å². The molecule has 664 valence electrons. The van der Waals surface area contributed by atoms with Crippen molar-refractivity contribution in [2.75, 3.05) is 0 Å². The lowest BCUT2D eigenvalue weighted by Gasteiger charge is -2.38. The molecule has 12 aliphatic rings. The Labute approximate surface area is 726 Å². The number of hydrogen-bond donors (Lipinski definition) is 0. The highest BCUT2D eigenvalue weighted by atomic mass is 19.2. The highest BCUT2D eigenvalue weighted by molar-refractivity contribution is 5.27. The first-order chi connectivity index (χ1) is 56.1. The van der Waals surface area contributed by atoms with Gasteiger partial charge in [0.25, 0.3) is 0 Å². The van der Waals surface area contributed by atoms with Crippen molar-refractivity contribution in [3.05, 3.63) is 193 Å². The monoisotopic (exact) mass is 1590 g/mol. The van der Waals surface area contributed by atoms with Gasteiger partial charge in [-0.3, -0.25) is 0 Å². The van der Waals surface area contributed by atoms with Gasteiger partial charge >= 0.3 is 0 Å². The second-order valence-electron chi connectivity index (χ2n) is 41.3. The van der Waals surface area contributed by atoms with Gasteiger partial charge in [-0.15, -0.1) is 26.3 Å². The Hall–Kier alpha value is -4.30. The summed E-state index contributed by atoms with van der Waals surface area (Å²) < 4.78 is 26.4. The van der Waals surface area contributed by atoms with E-state index in [9.17, 15) is 8.78 Å². The Bertz CT molecular complexity index is 3170. The normalized spacial score (nSPS) is 36.0.